The van der Waals surface area contributed by atoms with Crippen LogP contribution in [0.4, 0.5) is 0 Å². The maximum Gasteiger partial charge on any atom is 0.00672 e. The first-order valence-electron chi connectivity index (χ1n) is 6.96. The van der Waals surface area contributed by atoms with E-state index >= 15 is 0 Å². The molecule has 0 saturated heterocycles. The molecule has 0 amide bonds. The van der Waals surface area contributed by atoms with E-state index in [0.29, 0.717) is 0 Å². The standard InChI is InChI=1S/C14H30N2/c1-12(2)9-10-15-14-7-5-13(6-8-14)11-16(3)4/h12-15H,5-11H2,1-4H3. The Kier molecular flexibility index (Phi) is 6.37. The van der Waals surface area contributed by atoms with E-state index in [1.807, 2.05) is 0 Å². The van der Waals surface area contributed by atoms with E-state index in [-0.39, 0.29) is 0 Å². The van der Waals surface area contributed by atoms with Crippen molar-refractivity contribution in [3.8, 4) is 0 Å². The molecule has 2 heteroatoms. The van der Waals surface area contributed by atoms with Crippen molar-refractivity contribution in [1.82, 2.24) is 10.2 Å². The van der Waals surface area contributed by atoms with Crippen LogP contribution in [0.3, 0.4) is 0 Å². The molecule has 0 atom stereocenters. The van der Waals surface area contributed by atoms with Crippen molar-refractivity contribution >= 4 is 0 Å². The summed E-state index contributed by atoms with van der Waals surface area (Å²) in [5.74, 6) is 1.77. The zero-order valence-corrected chi connectivity index (χ0v) is 11.6. The highest BCUT2D eigenvalue weighted by atomic mass is 15.1. The van der Waals surface area contributed by atoms with E-state index < -0.39 is 0 Å². The SMILES string of the molecule is CC(C)CCNC1CCC(CN(C)C)CC1. The smallest absolute Gasteiger partial charge is 0.00672 e. The second kappa shape index (κ2) is 7.29. The molecule has 1 rings (SSSR count). The van der Waals surface area contributed by atoms with Crippen molar-refractivity contribution in [1.29, 1.82) is 0 Å². The van der Waals surface area contributed by atoms with Gasteiger partial charge >= 0.3 is 0 Å². The van der Waals surface area contributed by atoms with Crippen LogP contribution >= 0.6 is 0 Å². The molecule has 1 saturated carbocycles. The first-order chi connectivity index (χ1) is 7.58. The Morgan fingerprint density at radius 2 is 1.75 bits per heavy atom. The van der Waals surface area contributed by atoms with Gasteiger partial charge in [0.05, 0.1) is 0 Å². The fourth-order valence-corrected chi connectivity index (χ4v) is 2.64. The van der Waals surface area contributed by atoms with Crippen LogP contribution in [-0.4, -0.2) is 38.1 Å². The number of nitrogens with one attached hydrogen (secondary N) is 1. The van der Waals surface area contributed by atoms with E-state index in [9.17, 15) is 0 Å². The van der Waals surface area contributed by atoms with E-state index in [1.54, 1.807) is 0 Å². The molecule has 0 aromatic heterocycles. The predicted octanol–water partition coefficient (Wildman–Crippen LogP) is 2.74. The summed E-state index contributed by atoms with van der Waals surface area (Å²) in [5, 5.41) is 3.71. The van der Waals surface area contributed by atoms with Gasteiger partial charge < -0.3 is 10.2 Å². The Morgan fingerprint density at radius 3 is 2.25 bits per heavy atom. The summed E-state index contributed by atoms with van der Waals surface area (Å²) in [7, 11) is 4.37. The van der Waals surface area contributed by atoms with Crippen LogP contribution in [0.15, 0.2) is 0 Å². The predicted molar refractivity (Wildman–Crippen MR) is 71.8 cm³/mol. The maximum absolute atomic E-state index is 3.71. The molecule has 1 aliphatic rings. The molecule has 0 unspecified atom stereocenters. The average Bonchev–Trinajstić information content (AvgIpc) is 2.19. The molecule has 0 spiro atoms. The minimum Gasteiger partial charge on any atom is -0.314 e. The summed E-state index contributed by atoms with van der Waals surface area (Å²) in [4.78, 5) is 2.33. The zero-order valence-electron chi connectivity index (χ0n) is 11.6. The van der Waals surface area contributed by atoms with Gasteiger partial charge in [0.2, 0.25) is 0 Å². The van der Waals surface area contributed by atoms with Crippen LogP contribution in [0.5, 0.6) is 0 Å². The Balaban J connectivity index is 2.07. The topological polar surface area (TPSA) is 15.3 Å². The summed E-state index contributed by atoms with van der Waals surface area (Å²) in [5.41, 5.74) is 0. The molecule has 0 bridgehead atoms. The molecular formula is C14H30N2. The monoisotopic (exact) mass is 226 g/mol. The number of hydrogen-bond donors (Lipinski definition) is 1. The Hall–Kier alpha value is -0.0800. The average molecular weight is 226 g/mol. The van der Waals surface area contributed by atoms with E-state index in [1.165, 1.54) is 45.2 Å². The van der Waals surface area contributed by atoms with Crippen molar-refractivity contribution in [2.45, 2.75) is 52.0 Å². The minimum atomic E-state index is 0.803. The van der Waals surface area contributed by atoms with Gasteiger partial charge in [-0.3, -0.25) is 0 Å². The molecule has 96 valence electrons. The molecule has 0 aliphatic heterocycles. The summed E-state index contributed by atoms with van der Waals surface area (Å²) in [6.07, 6.45) is 6.92. The maximum atomic E-state index is 3.71. The van der Waals surface area contributed by atoms with Gasteiger partial charge in [-0.05, 0) is 64.6 Å². The lowest BCUT2D eigenvalue weighted by molar-refractivity contribution is 0.233. The number of hydrogen-bond acceptors (Lipinski definition) is 2. The number of rotatable bonds is 6. The molecular weight excluding hydrogens is 196 g/mol. The lowest BCUT2D eigenvalue weighted by atomic mass is 9.85. The first-order valence-corrected chi connectivity index (χ1v) is 6.96. The van der Waals surface area contributed by atoms with Gasteiger partial charge in [0, 0.05) is 12.6 Å². The minimum absolute atomic E-state index is 0.803. The van der Waals surface area contributed by atoms with Gasteiger partial charge in [0.25, 0.3) is 0 Å². The second-order valence-corrected chi connectivity index (χ2v) is 6.12. The zero-order chi connectivity index (χ0) is 12.0. The van der Waals surface area contributed by atoms with E-state index in [0.717, 1.165) is 17.9 Å². The molecule has 0 radical (unpaired) electrons. The molecule has 0 aromatic rings. The number of nitrogens with zero attached hydrogens (tertiary/aromatic N) is 1. The fraction of sp³-hybridized carbons (Fsp3) is 1.00. The normalized spacial score (nSPS) is 26.6. The summed E-state index contributed by atoms with van der Waals surface area (Å²) in [6, 6.07) is 0.803. The van der Waals surface area contributed by atoms with Crippen molar-refractivity contribution < 1.29 is 0 Å². The highest BCUT2D eigenvalue weighted by Crippen LogP contribution is 2.24. The Bertz CT molecular complexity index is 170. The molecule has 0 aromatic carbocycles. The van der Waals surface area contributed by atoms with Crippen molar-refractivity contribution in [3.05, 3.63) is 0 Å². The van der Waals surface area contributed by atoms with Crippen molar-refractivity contribution in [2.24, 2.45) is 11.8 Å². The lowest BCUT2D eigenvalue weighted by Gasteiger charge is -2.31. The first kappa shape index (κ1) is 14.0. The molecule has 1 fully saturated rings. The molecule has 1 N–H and O–H groups in total. The van der Waals surface area contributed by atoms with Crippen LogP contribution in [0.2, 0.25) is 0 Å². The molecule has 0 heterocycles. The Labute approximate surface area is 102 Å². The van der Waals surface area contributed by atoms with Crippen LogP contribution in [0.1, 0.15) is 46.0 Å². The van der Waals surface area contributed by atoms with Crippen LogP contribution in [0, 0.1) is 11.8 Å². The third-order valence-electron chi connectivity index (χ3n) is 3.62. The molecule has 1 aliphatic carbocycles. The largest absolute Gasteiger partial charge is 0.314 e. The van der Waals surface area contributed by atoms with Gasteiger partial charge in [-0.1, -0.05) is 13.8 Å². The van der Waals surface area contributed by atoms with Crippen molar-refractivity contribution in [2.75, 3.05) is 27.2 Å². The fourth-order valence-electron chi connectivity index (χ4n) is 2.64. The van der Waals surface area contributed by atoms with Gasteiger partial charge in [-0.15, -0.1) is 0 Å². The molecule has 2 nitrogen and oxygen atoms in total. The Morgan fingerprint density at radius 1 is 1.12 bits per heavy atom. The summed E-state index contributed by atoms with van der Waals surface area (Å²) < 4.78 is 0. The van der Waals surface area contributed by atoms with E-state index in [4.69, 9.17) is 0 Å². The van der Waals surface area contributed by atoms with Crippen molar-refractivity contribution in [3.63, 3.8) is 0 Å². The van der Waals surface area contributed by atoms with Gasteiger partial charge in [-0.2, -0.15) is 0 Å². The van der Waals surface area contributed by atoms with Crippen LogP contribution in [-0.2, 0) is 0 Å². The summed E-state index contributed by atoms with van der Waals surface area (Å²) >= 11 is 0. The highest BCUT2D eigenvalue weighted by Gasteiger charge is 2.20. The van der Waals surface area contributed by atoms with Crippen LogP contribution < -0.4 is 5.32 Å². The lowest BCUT2D eigenvalue weighted by Crippen LogP contribution is -2.36. The third-order valence-corrected chi connectivity index (χ3v) is 3.62. The quantitative estimate of drug-likeness (QED) is 0.749. The third kappa shape index (κ3) is 5.86. The van der Waals surface area contributed by atoms with Gasteiger partial charge in [0.1, 0.15) is 0 Å². The second-order valence-electron chi connectivity index (χ2n) is 6.12. The van der Waals surface area contributed by atoms with Gasteiger partial charge in [0.15, 0.2) is 0 Å². The van der Waals surface area contributed by atoms with Gasteiger partial charge in [-0.25, -0.2) is 0 Å². The molecule has 16 heavy (non-hydrogen) atoms. The van der Waals surface area contributed by atoms with Crippen LogP contribution in [0.25, 0.3) is 0 Å². The van der Waals surface area contributed by atoms with E-state index in [2.05, 4.69) is 38.2 Å². The highest BCUT2D eigenvalue weighted by molar-refractivity contribution is 4.78. The summed E-state index contributed by atoms with van der Waals surface area (Å²) in [6.45, 7) is 7.09.